The third-order valence-electron chi connectivity index (χ3n) is 4.38. The summed E-state index contributed by atoms with van der Waals surface area (Å²) in [4.78, 5) is 8.87. The summed E-state index contributed by atoms with van der Waals surface area (Å²) in [5.41, 5.74) is 2.42. The molecule has 11 heteroatoms. The Hall–Kier alpha value is -2.40. The number of fused-ring (bicyclic) bond motifs is 3. The van der Waals surface area contributed by atoms with Crippen LogP contribution in [0.2, 0.25) is 0 Å². The molecule has 0 aliphatic carbocycles. The number of aryl methyl sites for hydroxylation is 1. The topological polar surface area (TPSA) is 103 Å². The molecule has 2 heterocycles. The largest absolute Gasteiger partial charge is 0.511 e. The summed E-state index contributed by atoms with van der Waals surface area (Å²) < 4.78 is 63.6. The molecule has 0 fully saturated rings. The zero-order valence-electron chi connectivity index (χ0n) is 15.1. The summed E-state index contributed by atoms with van der Waals surface area (Å²) in [6.07, 6.45) is 2.31. The molecule has 0 saturated carbocycles. The van der Waals surface area contributed by atoms with Crippen molar-refractivity contribution in [2.75, 3.05) is 12.3 Å². The second kappa shape index (κ2) is 7.55. The van der Waals surface area contributed by atoms with E-state index < -0.39 is 22.1 Å². The number of unbranched alkanes of at least 4 members (excludes halogenated alkanes) is 1. The molecular formula is C17H20F3N5O2S. The van der Waals surface area contributed by atoms with E-state index in [2.05, 4.69) is 9.97 Å². The Morgan fingerprint density at radius 3 is 2.61 bits per heavy atom. The van der Waals surface area contributed by atoms with Gasteiger partial charge < -0.3 is 10.3 Å². The first-order chi connectivity index (χ1) is 13.2. The number of nitrogens with zero attached hydrogens (tertiary/aromatic N) is 3. The van der Waals surface area contributed by atoms with Gasteiger partial charge in [0.1, 0.15) is 11.3 Å². The Kier molecular flexibility index (Phi) is 5.48. The molecule has 7 nitrogen and oxygen atoms in total. The maximum Gasteiger partial charge on any atom is 0.511 e. The van der Waals surface area contributed by atoms with Crippen molar-refractivity contribution in [2.45, 2.75) is 38.2 Å². The molecule has 28 heavy (non-hydrogen) atoms. The van der Waals surface area contributed by atoms with Crippen LogP contribution in [0.5, 0.6) is 0 Å². The van der Waals surface area contributed by atoms with Gasteiger partial charge in [-0.1, -0.05) is 31.5 Å². The Labute approximate surface area is 159 Å². The number of nitrogens with one attached hydrogen (secondary N) is 1. The van der Waals surface area contributed by atoms with Crippen molar-refractivity contribution in [1.82, 2.24) is 19.3 Å². The predicted octanol–water partition coefficient (Wildman–Crippen LogP) is 2.95. The predicted molar refractivity (Wildman–Crippen MR) is 101 cm³/mol. The van der Waals surface area contributed by atoms with Gasteiger partial charge in [0.15, 0.2) is 5.82 Å². The number of anilines is 1. The quantitative estimate of drug-likeness (QED) is 0.618. The van der Waals surface area contributed by atoms with E-state index in [-0.39, 0.29) is 12.4 Å². The Balaban J connectivity index is 2.05. The molecule has 3 aromatic rings. The van der Waals surface area contributed by atoms with Gasteiger partial charge in [-0.05, 0) is 12.5 Å². The van der Waals surface area contributed by atoms with Crippen molar-refractivity contribution >= 4 is 37.8 Å². The van der Waals surface area contributed by atoms with Crippen LogP contribution in [0.15, 0.2) is 24.3 Å². The molecule has 0 aliphatic rings. The third-order valence-corrected chi connectivity index (χ3v) is 5.57. The first-order valence-electron chi connectivity index (χ1n) is 8.75. The maximum atomic E-state index is 12.6. The minimum Gasteiger partial charge on any atom is -0.382 e. The third kappa shape index (κ3) is 3.76. The molecule has 3 rings (SSSR count). The number of sulfonamides is 1. The molecule has 0 bridgehead atoms. The van der Waals surface area contributed by atoms with Gasteiger partial charge in [0, 0.05) is 24.9 Å². The van der Waals surface area contributed by atoms with Crippen LogP contribution in [0.1, 0.15) is 25.6 Å². The number of rotatable bonds is 7. The van der Waals surface area contributed by atoms with Gasteiger partial charge in [-0.3, -0.25) is 0 Å². The lowest BCUT2D eigenvalue weighted by Gasteiger charge is -2.13. The molecular weight excluding hydrogens is 395 g/mol. The highest BCUT2D eigenvalue weighted by molar-refractivity contribution is 7.90. The average molecular weight is 415 g/mol. The van der Waals surface area contributed by atoms with Gasteiger partial charge in [0.05, 0.1) is 11.0 Å². The summed E-state index contributed by atoms with van der Waals surface area (Å²) in [6.45, 7) is 1.57. The van der Waals surface area contributed by atoms with Crippen LogP contribution in [0, 0.1) is 0 Å². The molecule has 0 spiro atoms. The van der Waals surface area contributed by atoms with Crippen molar-refractivity contribution in [2.24, 2.45) is 0 Å². The first kappa shape index (κ1) is 20.3. The monoisotopic (exact) mass is 415 g/mol. The lowest BCUT2D eigenvalue weighted by atomic mass is 10.2. The van der Waals surface area contributed by atoms with Gasteiger partial charge in [-0.15, -0.1) is 0 Å². The fraction of sp³-hybridized carbons (Fsp3) is 0.412. The summed E-state index contributed by atoms with van der Waals surface area (Å²) in [6, 6.07) is 7.22. The molecule has 1 aromatic carbocycles. The van der Waals surface area contributed by atoms with Crippen LogP contribution in [-0.4, -0.2) is 35.0 Å². The number of nitrogens with two attached hydrogens (primary N) is 1. The molecule has 152 valence electrons. The number of para-hydroxylation sites is 1. The fourth-order valence-electron chi connectivity index (χ4n) is 3.05. The van der Waals surface area contributed by atoms with Gasteiger partial charge in [0.2, 0.25) is 0 Å². The number of alkyl halides is 3. The van der Waals surface area contributed by atoms with Crippen LogP contribution in [0.4, 0.5) is 19.0 Å². The van der Waals surface area contributed by atoms with Crippen molar-refractivity contribution in [1.29, 1.82) is 0 Å². The molecule has 2 aromatic heterocycles. The minimum absolute atomic E-state index is 0.0156. The van der Waals surface area contributed by atoms with Crippen molar-refractivity contribution in [3.8, 4) is 0 Å². The summed E-state index contributed by atoms with van der Waals surface area (Å²) >= 11 is 0. The summed E-state index contributed by atoms with van der Waals surface area (Å²) in [7, 11) is -5.41. The molecule has 0 unspecified atom stereocenters. The number of halogens is 3. The van der Waals surface area contributed by atoms with Gasteiger partial charge in [0.25, 0.3) is 0 Å². The second-order valence-electron chi connectivity index (χ2n) is 6.34. The van der Waals surface area contributed by atoms with Crippen LogP contribution in [-0.2, 0) is 23.0 Å². The minimum atomic E-state index is -5.41. The van der Waals surface area contributed by atoms with E-state index in [0.29, 0.717) is 28.8 Å². The standard InChI is InChI=1S/C17H20F3N5O2S/c1-2-3-8-13-24-14-15(11-6-4-5-7-12(11)23-16(14)21)25(13)10-9-22-28(26,27)17(18,19)20/h4-7,22H,2-3,8-10H2,1H3,(H2,21,23). The van der Waals surface area contributed by atoms with Crippen molar-refractivity contribution in [3.05, 3.63) is 30.1 Å². The van der Waals surface area contributed by atoms with Gasteiger partial charge >= 0.3 is 15.5 Å². The number of hydrogen-bond acceptors (Lipinski definition) is 5. The maximum absolute atomic E-state index is 12.6. The van der Waals surface area contributed by atoms with Gasteiger partial charge in [-0.2, -0.15) is 13.2 Å². The van der Waals surface area contributed by atoms with Crippen LogP contribution >= 0.6 is 0 Å². The van der Waals surface area contributed by atoms with E-state index in [0.717, 1.165) is 18.2 Å². The molecule has 3 N–H and O–H groups in total. The SMILES string of the molecule is CCCCc1nc2c(N)nc3ccccc3c2n1CCNS(=O)(=O)C(F)(F)F. The number of benzene rings is 1. The van der Waals surface area contributed by atoms with Crippen LogP contribution < -0.4 is 10.5 Å². The van der Waals surface area contributed by atoms with E-state index in [4.69, 9.17) is 5.73 Å². The van der Waals surface area contributed by atoms with Gasteiger partial charge in [-0.25, -0.2) is 23.1 Å². The van der Waals surface area contributed by atoms with E-state index in [1.807, 2.05) is 19.1 Å². The van der Waals surface area contributed by atoms with Crippen molar-refractivity contribution < 1.29 is 21.6 Å². The zero-order valence-corrected chi connectivity index (χ0v) is 15.9. The number of imidazole rings is 1. The molecule has 0 aliphatic heterocycles. The second-order valence-corrected chi connectivity index (χ2v) is 8.10. The number of pyridine rings is 1. The summed E-state index contributed by atoms with van der Waals surface area (Å²) in [5, 5.41) is 0.751. The van der Waals surface area contributed by atoms with Crippen LogP contribution in [0.3, 0.4) is 0 Å². The highest BCUT2D eigenvalue weighted by Gasteiger charge is 2.45. The summed E-state index contributed by atoms with van der Waals surface area (Å²) in [5.74, 6) is 0.856. The molecule has 0 radical (unpaired) electrons. The molecule has 0 amide bonds. The molecule has 0 atom stereocenters. The Bertz CT molecular complexity index is 1110. The first-order valence-corrected chi connectivity index (χ1v) is 10.2. The lowest BCUT2D eigenvalue weighted by Crippen LogP contribution is -2.38. The fourth-order valence-corrected chi connectivity index (χ4v) is 3.57. The molecule has 0 saturated heterocycles. The highest BCUT2D eigenvalue weighted by atomic mass is 32.2. The van der Waals surface area contributed by atoms with E-state index in [1.165, 1.54) is 0 Å². The number of hydrogen-bond donors (Lipinski definition) is 2. The zero-order chi connectivity index (χ0) is 20.5. The van der Waals surface area contributed by atoms with Crippen LogP contribution in [0.25, 0.3) is 21.9 Å². The van der Waals surface area contributed by atoms with E-state index in [9.17, 15) is 21.6 Å². The number of nitrogen functional groups attached to an aromatic ring is 1. The van der Waals surface area contributed by atoms with E-state index in [1.54, 1.807) is 21.4 Å². The Morgan fingerprint density at radius 2 is 1.93 bits per heavy atom. The lowest BCUT2D eigenvalue weighted by molar-refractivity contribution is -0.0447. The smallest absolute Gasteiger partial charge is 0.382 e. The van der Waals surface area contributed by atoms with E-state index >= 15 is 0 Å². The highest BCUT2D eigenvalue weighted by Crippen LogP contribution is 2.29. The van der Waals surface area contributed by atoms with Crippen molar-refractivity contribution in [3.63, 3.8) is 0 Å². The Morgan fingerprint density at radius 1 is 1.21 bits per heavy atom. The normalized spacial score (nSPS) is 12.9. The average Bonchev–Trinajstić information content (AvgIpc) is 2.98. The number of aromatic nitrogens is 3.